The van der Waals surface area contributed by atoms with Crippen molar-refractivity contribution in [3.05, 3.63) is 11.4 Å². The zero-order chi connectivity index (χ0) is 12.3. The molecule has 0 bridgehead atoms. The van der Waals surface area contributed by atoms with Crippen LogP contribution >= 0.6 is 0 Å². The van der Waals surface area contributed by atoms with Crippen LogP contribution in [0.1, 0.15) is 63.8 Å². The van der Waals surface area contributed by atoms with Gasteiger partial charge in [-0.15, -0.1) is 5.10 Å². The molecule has 1 aliphatic carbocycles. The van der Waals surface area contributed by atoms with Crippen molar-refractivity contribution in [3.8, 4) is 0 Å². The normalized spacial score (nSPS) is 26.5. The largest absolute Gasteiger partial charge is 0.252 e. The number of rotatable bonds is 1. The van der Waals surface area contributed by atoms with Crippen LogP contribution in [0.5, 0.6) is 0 Å². The lowest BCUT2D eigenvalue weighted by atomic mass is 9.77. The number of nitrogens with zero attached hydrogens (tertiary/aromatic N) is 3. The summed E-state index contributed by atoms with van der Waals surface area (Å²) < 4.78 is 1.98. The zero-order valence-electron chi connectivity index (χ0n) is 11.5. The average molecular weight is 235 g/mol. The highest BCUT2D eigenvalue weighted by Crippen LogP contribution is 2.34. The Morgan fingerprint density at radius 1 is 1.24 bits per heavy atom. The molecule has 0 aliphatic heterocycles. The SMILES string of the molecule is CCC1(C)CCCCCCc2c(nnn2C)C1. The molecule has 3 nitrogen and oxygen atoms in total. The average Bonchev–Trinajstić information content (AvgIpc) is 2.66. The number of aromatic nitrogens is 3. The molecule has 1 heterocycles. The van der Waals surface area contributed by atoms with Gasteiger partial charge in [-0.2, -0.15) is 0 Å². The second-order valence-electron chi connectivity index (χ2n) is 5.86. The Bertz CT molecular complexity index is 370. The van der Waals surface area contributed by atoms with Crippen molar-refractivity contribution in [2.45, 2.75) is 65.2 Å². The van der Waals surface area contributed by atoms with Crippen LogP contribution in [-0.2, 0) is 19.9 Å². The molecule has 1 aliphatic rings. The van der Waals surface area contributed by atoms with E-state index in [4.69, 9.17) is 0 Å². The summed E-state index contributed by atoms with van der Waals surface area (Å²) in [5, 5.41) is 8.60. The molecule has 2 rings (SSSR count). The summed E-state index contributed by atoms with van der Waals surface area (Å²) in [6, 6.07) is 0. The first-order chi connectivity index (χ1) is 8.14. The minimum absolute atomic E-state index is 0.419. The van der Waals surface area contributed by atoms with E-state index in [1.54, 1.807) is 0 Å². The lowest BCUT2D eigenvalue weighted by molar-refractivity contribution is 0.265. The van der Waals surface area contributed by atoms with E-state index in [0.29, 0.717) is 5.41 Å². The third-order valence-electron chi connectivity index (χ3n) is 4.42. The molecule has 0 fully saturated rings. The summed E-state index contributed by atoms with van der Waals surface area (Å²) in [4.78, 5) is 0. The van der Waals surface area contributed by atoms with E-state index in [0.717, 1.165) is 12.8 Å². The molecule has 1 aromatic rings. The Morgan fingerprint density at radius 3 is 2.76 bits per heavy atom. The van der Waals surface area contributed by atoms with Gasteiger partial charge in [-0.25, -0.2) is 0 Å². The lowest BCUT2D eigenvalue weighted by Crippen LogP contribution is -2.20. The molecule has 0 amide bonds. The molecule has 0 radical (unpaired) electrons. The molecule has 0 saturated carbocycles. The second kappa shape index (κ2) is 5.19. The van der Waals surface area contributed by atoms with Gasteiger partial charge in [-0.1, -0.05) is 44.7 Å². The standard InChI is InChI=1S/C14H25N3/c1-4-14(2)10-8-6-5-7-9-13-12(11-14)15-16-17(13)3/h4-11H2,1-3H3. The van der Waals surface area contributed by atoms with Crippen molar-refractivity contribution in [2.24, 2.45) is 12.5 Å². The monoisotopic (exact) mass is 235 g/mol. The highest BCUT2D eigenvalue weighted by atomic mass is 15.4. The van der Waals surface area contributed by atoms with Gasteiger partial charge in [0.05, 0.1) is 11.4 Å². The molecule has 1 atom stereocenters. The van der Waals surface area contributed by atoms with E-state index in [1.165, 1.54) is 49.9 Å². The molecule has 1 aromatic heterocycles. The fraction of sp³-hybridized carbons (Fsp3) is 0.857. The van der Waals surface area contributed by atoms with Gasteiger partial charge in [-0.3, -0.25) is 4.68 Å². The van der Waals surface area contributed by atoms with Crippen LogP contribution in [0.2, 0.25) is 0 Å². The van der Waals surface area contributed by atoms with Gasteiger partial charge >= 0.3 is 0 Å². The maximum absolute atomic E-state index is 4.39. The maximum atomic E-state index is 4.39. The summed E-state index contributed by atoms with van der Waals surface area (Å²) in [7, 11) is 2.03. The number of fused-ring (bicyclic) bond motifs is 1. The Morgan fingerprint density at radius 2 is 2.00 bits per heavy atom. The van der Waals surface area contributed by atoms with Gasteiger partial charge in [0.2, 0.25) is 0 Å². The van der Waals surface area contributed by atoms with E-state index in [1.807, 2.05) is 11.7 Å². The summed E-state index contributed by atoms with van der Waals surface area (Å²) in [5.41, 5.74) is 3.03. The van der Waals surface area contributed by atoms with Crippen LogP contribution in [0.25, 0.3) is 0 Å². The van der Waals surface area contributed by atoms with Gasteiger partial charge in [0.1, 0.15) is 0 Å². The topological polar surface area (TPSA) is 30.7 Å². The van der Waals surface area contributed by atoms with Gasteiger partial charge in [0.25, 0.3) is 0 Å². The van der Waals surface area contributed by atoms with Gasteiger partial charge in [-0.05, 0) is 31.1 Å². The molecular weight excluding hydrogens is 210 g/mol. The summed E-state index contributed by atoms with van der Waals surface area (Å²) in [6.07, 6.45) is 10.2. The Hall–Kier alpha value is -0.860. The molecule has 17 heavy (non-hydrogen) atoms. The first kappa shape index (κ1) is 12.6. The lowest BCUT2D eigenvalue weighted by Gasteiger charge is -2.28. The number of hydrogen-bond acceptors (Lipinski definition) is 2. The van der Waals surface area contributed by atoms with E-state index < -0.39 is 0 Å². The van der Waals surface area contributed by atoms with Crippen molar-refractivity contribution in [3.63, 3.8) is 0 Å². The van der Waals surface area contributed by atoms with E-state index >= 15 is 0 Å². The van der Waals surface area contributed by atoms with Crippen LogP contribution in [0.3, 0.4) is 0 Å². The first-order valence-electron chi connectivity index (χ1n) is 7.02. The quantitative estimate of drug-likeness (QED) is 0.748. The Kier molecular flexibility index (Phi) is 3.85. The van der Waals surface area contributed by atoms with Gasteiger partial charge in [0.15, 0.2) is 0 Å². The van der Waals surface area contributed by atoms with Crippen molar-refractivity contribution in [1.82, 2.24) is 15.0 Å². The first-order valence-corrected chi connectivity index (χ1v) is 7.02. The Labute approximate surface area is 105 Å². The molecule has 96 valence electrons. The molecule has 3 heteroatoms. The van der Waals surface area contributed by atoms with Gasteiger partial charge < -0.3 is 0 Å². The highest BCUT2D eigenvalue weighted by Gasteiger charge is 2.26. The fourth-order valence-corrected chi connectivity index (χ4v) is 2.86. The molecule has 0 spiro atoms. The summed E-state index contributed by atoms with van der Waals surface area (Å²) in [6.45, 7) is 4.72. The van der Waals surface area contributed by atoms with Crippen molar-refractivity contribution in [2.75, 3.05) is 0 Å². The second-order valence-corrected chi connectivity index (χ2v) is 5.86. The number of aryl methyl sites for hydroxylation is 1. The van der Waals surface area contributed by atoms with Crippen LogP contribution in [-0.4, -0.2) is 15.0 Å². The third kappa shape index (κ3) is 2.88. The van der Waals surface area contributed by atoms with E-state index in [2.05, 4.69) is 24.2 Å². The predicted molar refractivity (Wildman–Crippen MR) is 69.9 cm³/mol. The Balaban J connectivity index is 2.25. The minimum atomic E-state index is 0.419. The molecule has 0 aromatic carbocycles. The van der Waals surface area contributed by atoms with E-state index in [-0.39, 0.29) is 0 Å². The molecule has 0 saturated heterocycles. The predicted octanol–water partition coefficient (Wildman–Crippen LogP) is 3.28. The molecular formula is C14H25N3. The fourth-order valence-electron chi connectivity index (χ4n) is 2.86. The smallest absolute Gasteiger partial charge is 0.0864 e. The summed E-state index contributed by atoms with van der Waals surface area (Å²) in [5.74, 6) is 0. The van der Waals surface area contributed by atoms with Crippen molar-refractivity contribution in [1.29, 1.82) is 0 Å². The third-order valence-corrected chi connectivity index (χ3v) is 4.42. The van der Waals surface area contributed by atoms with Crippen LogP contribution < -0.4 is 0 Å². The summed E-state index contributed by atoms with van der Waals surface area (Å²) >= 11 is 0. The highest BCUT2D eigenvalue weighted by molar-refractivity contribution is 5.12. The van der Waals surface area contributed by atoms with E-state index in [9.17, 15) is 0 Å². The maximum Gasteiger partial charge on any atom is 0.0864 e. The van der Waals surface area contributed by atoms with Crippen molar-refractivity contribution >= 4 is 0 Å². The van der Waals surface area contributed by atoms with Gasteiger partial charge in [0, 0.05) is 7.05 Å². The molecule has 0 N–H and O–H groups in total. The van der Waals surface area contributed by atoms with Crippen LogP contribution in [0.15, 0.2) is 0 Å². The van der Waals surface area contributed by atoms with Crippen molar-refractivity contribution < 1.29 is 0 Å². The minimum Gasteiger partial charge on any atom is -0.252 e. The number of hydrogen-bond donors (Lipinski definition) is 0. The zero-order valence-corrected chi connectivity index (χ0v) is 11.5. The molecule has 1 unspecified atom stereocenters. The van der Waals surface area contributed by atoms with Crippen LogP contribution in [0, 0.1) is 5.41 Å². The van der Waals surface area contributed by atoms with Crippen LogP contribution in [0.4, 0.5) is 0 Å².